The average Bonchev–Trinajstić information content (AvgIpc) is 2.25. The summed E-state index contributed by atoms with van der Waals surface area (Å²) < 4.78 is 5.20. The summed E-state index contributed by atoms with van der Waals surface area (Å²) in [7, 11) is 1.64. The molecule has 0 bridgehead atoms. The number of hydrogen-bond donors (Lipinski definition) is 2. The predicted octanol–water partition coefficient (Wildman–Crippen LogP) is 1.89. The molecule has 0 amide bonds. The summed E-state index contributed by atoms with van der Waals surface area (Å²) in [6.45, 7) is 0.183. The van der Waals surface area contributed by atoms with Crippen molar-refractivity contribution in [1.29, 1.82) is 0 Å². The van der Waals surface area contributed by atoms with Crippen molar-refractivity contribution in [1.82, 2.24) is 0 Å². The number of rotatable bonds is 5. The fourth-order valence-electron chi connectivity index (χ4n) is 1.44. The molecule has 15 heavy (non-hydrogen) atoms. The number of methoxy groups -OCH3 is 1. The van der Waals surface area contributed by atoms with Crippen molar-refractivity contribution in [2.45, 2.75) is 18.9 Å². The highest BCUT2D eigenvalue weighted by Crippen LogP contribution is 2.25. The van der Waals surface area contributed by atoms with Crippen molar-refractivity contribution in [3.63, 3.8) is 0 Å². The van der Waals surface area contributed by atoms with Crippen LogP contribution in [-0.4, -0.2) is 18.8 Å². The number of nitrogens with two attached hydrogens (primary N) is 1. The Labute approximate surface area is 96.7 Å². The van der Waals surface area contributed by atoms with Crippen LogP contribution in [0.25, 0.3) is 0 Å². The van der Waals surface area contributed by atoms with Crippen LogP contribution in [0.2, 0.25) is 0 Å². The fraction of sp³-hybridized carbons (Fsp3) is 0.455. The Balaban J connectivity index is 0.00000196. The molecule has 0 aliphatic heterocycles. The van der Waals surface area contributed by atoms with Crippen molar-refractivity contribution in [3.8, 4) is 5.75 Å². The summed E-state index contributed by atoms with van der Waals surface area (Å²) in [5.74, 6) is 0.818. The third-order valence-electron chi connectivity index (χ3n) is 2.21. The molecule has 86 valence electrons. The molecule has 3 N–H and O–H groups in total. The first-order valence-corrected chi connectivity index (χ1v) is 4.79. The third kappa shape index (κ3) is 4.08. The van der Waals surface area contributed by atoms with Gasteiger partial charge in [-0.25, -0.2) is 0 Å². The van der Waals surface area contributed by atoms with E-state index in [1.807, 2.05) is 24.3 Å². The van der Waals surface area contributed by atoms with Crippen LogP contribution >= 0.6 is 12.4 Å². The second-order valence-corrected chi connectivity index (χ2v) is 3.21. The molecule has 0 fully saturated rings. The first-order chi connectivity index (χ1) is 6.79. The molecule has 0 unspecified atom stereocenters. The Morgan fingerprint density at radius 1 is 1.40 bits per heavy atom. The van der Waals surface area contributed by atoms with Gasteiger partial charge in [-0.1, -0.05) is 18.2 Å². The SMILES string of the molecule is COc1ccccc1[C@H](N)CCCO.Cl. The molecule has 3 nitrogen and oxygen atoms in total. The molecule has 0 aliphatic carbocycles. The Bertz CT molecular complexity index is 281. The monoisotopic (exact) mass is 231 g/mol. The van der Waals surface area contributed by atoms with Gasteiger partial charge in [0.15, 0.2) is 0 Å². The molecule has 0 aliphatic rings. The van der Waals surface area contributed by atoms with Gasteiger partial charge in [0.05, 0.1) is 7.11 Å². The first kappa shape index (κ1) is 14.2. The van der Waals surface area contributed by atoms with E-state index in [-0.39, 0.29) is 25.1 Å². The normalized spacial score (nSPS) is 11.7. The first-order valence-electron chi connectivity index (χ1n) is 4.79. The van der Waals surface area contributed by atoms with E-state index in [1.54, 1.807) is 7.11 Å². The number of hydrogen-bond acceptors (Lipinski definition) is 3. The molecule has 1 atom stereocenters. The number of aliphatic hydroxyl groups is 1. The highest BCUT2D eigenvalue weighted by atomic mass is 35.5. The van der Waals surface area contributed by atoms with Gasteiger partial charge in [0.25, 0.3) is 0 Å². The molecule has 1 aromatic carbocycles. The molecular formula is C11H18ClNO2. The van der Waals surface area contributed by atoms with Crippen LogP contribution < -0.4 is 10.5 Å². The Hall–Kier alpha value is -0.770. The van der Waals surface area contributed by atoms with E-state index in [0.29, 0.717) is 0 Å². The van der Waals surface area contributed by atoms with E-state index in [1.165, 1.54) is 0 Å². The topological polar surface area (TPSA) is 55.5 Å². The van der Waals surface area contributed by atoms with Crippen LogP contribution in [-0.2, 0) is 0 Å². The summed E-state index contributed by atoms with van der Waals surface area (Å²) in [6.07, 6.45) is 1.50. The van der Waals surface area contributed by atoms with E-state index in [4.69, 9.17) is 15.6 Å². The zero-order valence-corrected chi connectivity index (χ0v) is 9.67. The van der Waals surface area contributed by atoms with Crippen LogP contribution in [0.3, 0.4) is 0 Å². The smallest absolute Gasteiger partial charge is 0.123 e. The van der Waals surface area contributed by atoms with Crippen molar-refractivity contribution in [3.05, 3.63) is 29.8 Å². The lowest BCUT2D eigenvalue weighted by molar-refractivity contribution is 0.279. The minimum Gasteiger partial charge on any atom is -0.496 e. The van der Waals surface area contributed by atoms with Gasteiger partial charge in [-0.3, -0.25) is 0 Å². The van der Waals surface area contributed by atoms with Gasteiger partial charge in [-0.15, -0.1) is 12.4 Å². The van der Waals surface area contributed by atoms with E-state index >= 15 is 0 Å². The van der Waals surface area contributed by atoms with E-state index < -0.39 is 0 Å². The quantitative estimate of drug-likeness (QED) is 0.814. The van der Waals surface area contributed by atoms with Gasteiger partial charge in [-0.05, 0) is 18.9 Å². The van der Waals surface area contributed by atoms with Gasteiger partial charge < -0.3 is 15.6 Å². The third-order valence-corrected chi connectivity index (χ3v) is 2.21. The molecule has 4 heteroatoms. The summed E-state index contributed by atoms with van der Waals surface area (Å²) in [6, 6.07) is 7.66. The summed E-state index contributed by atoms with van der Waals surface area (Å²) >= 11 is 0. The zero-order valence-electron chi connectivity index (χ0n) is 8.85. The highest BCUT2D eigenvalue weighted by molar-refractivity contribution is 5.85. The fourth-order valence-corrected chi connectivity index (χ4v) is 1.44. The van der Waals surface area contributed by atoms with Crippen LogP contribution in [0.15, 0.2) is 24.3 Å². The number of ether oxygens (including phenoxy) is 1. The standard InChI is InChI=1S/C11H17NO2.ClH/c1-14-11-7-3-2-5-9(11)10(12)6-4-8-13;/h2-3,5,7,10,13H,4,6,8,12H2,1H3;1H/t10-;/m1./s1. The Morgan fingerprint density at radius 3 is 2.67 bits per heavy atom. The molecule has 0 spiro atoms. The second-order valence-electron chi connectivity index (χ2n) is 3.21. The number of halogens is 1. The lowest BCUT2D eigenvalue weighted by Gasteiger charge is -2.14. The lowest BCUT2D eigenvalue weighted by atomic mass is 10.0. The van der Waals surface area contributed by atoms with Crippen molar-refractivity contribution in [2.24, 2.45) is 5.73 Å². The molecule has 1 rings (SSSR count). The Kier molecular flexibility index (Phi) is 7.13. The van der Waals surface area contributed by atoms with Crippen LogP contribution in [0.5, 0.6) is 5.75 Å². The highest BCUT2D eigenvalue weighted by Gasteiger charge is 2.10. The minimum absolute atomic E-state index is 0. The van der Waals surface area contributed by atoms with E-state index in [9.17, 15) is 0 Å². The molecular weight excluding hydrogens is 214 g/mol. The Morgan fingerprint density at radius 2 is 2.07 bits per heavy atom. The van der Waals surface area contributed by atoms with Crippen molar-refractivity contribution in [2.75, 3.05) is 13.7 Å². The summed E-state index contributed by atoms with van der Waals surface area (Å²) in [5.41, 5.74) is 6.97. The maximum absolute atomic E-state index is 8.70. The molecule has 0 heterocycles. The lowest BCUT2D eigenvalue weighted by Crippen LogP contribution is -2.11. The number of para-hydroxylation sites is 1. The average molecular weight is 232 g/mol. The summed E-state index contributed by atoms with van der Waals surface area (Å²) in [5, 5.41) is 8.70. The van der Waals surface area contributed by atoms with E-state index in [2.05, 4.69) is 0 Å². The molecule has 0 saturated heterocycles. The van der Waals surface area contributed by atoms with Gasteiger partial charge >= 0.3 is 0 Å². The van der Waals surface area contributed by atoms with Crippen molar-refractivity contribution >= 4 is 12.4 Å². The zero-order chi connectivity index (χ0) is 10.4. The van der Waals surface area contributed by atoms with Crippen molar-refractivity contribution < 1.29 is 9.84 Å². The number of benzene rings is 1. The summed E-state index contributed by atoms with van der Waals surface area (Å²) in [4.78, 5) is 0. The second kappa shape index (κ2) is 7.51. The van der Waals surface area contributed by atoms with Crippen LogP contribution in [0.4, 0.5) is 0 Å². The molecule has 0 saturated carbocycles. The van der Waals surface area contributed by atoms with E-state index in [0.717, 1.165) is 24.2 Å². The molecule has 0 radical (unpaired) electrons. The maximum atomic E-state index is 8.70. The van der Waals surface area contributed by atoms with Gasteiger partial charge in [0.2, 0.25) is 0 Å². The van der Waals surface area contributed by atoms with Gasteiger partial charge in [0.1, 0.15) is 5.75 Å². The predicted molar refractivity (Wildman–Crippen MR) is 63.5 cm³/mol. The molecule has 1 aromatic rings. The maximum Gasteiger partial charge on any atom is 0.123 e. The largest absolute Gasteiger partial charge is 0.496 e. The van der Waals surface area contributed by atoms with Gasteiger partial charge in [0, 0.05) is 18.2 Å². The van der Waals surface area contributed by atoms with Crippen LogP contribution in [0, 0.1) is 0 Å². The van der Waals surface area contributed by atoms with Crippen LogP contribution in [0.1, 0.15) is 24.4 Å². The van der Waals surface area contributed by atoms with Gasteiger partial charge in [-0.2, -0.15) is 0 Å². The minimum atomic E-state index is -0.0571. The molecule has 0 aromatic heterocycles. The number of aliphatic hydroxyl groups excluding tert-OH is 1.